The van der Waals surface area contributed by atoms with Crippen molar-refractivity contribution in [2.75, 3.05) is 18.6 Å². The van der Waals surface area contributed by atoms with Gasteiger partial charge in [-0.15, -0.1) is 0 Å². The second-order valence-electron chi connectivity index (χ2n) is 3.54. The van der Waals surface area contributed by atoms with Gasteiger partial charge >= 0.3 is 5.97 Å². The lowest BCUT2D eigenvalue weighted by atomic mass is 10.2. The third-order valence-corrected chi connectivity index (χ3v) is 2.52. The summed E-state index contributed by atoms with van der Waals surface area (Å²) < 4.78 is 4.61. The zero-order chi connectivity index (χ0) is 11.5. The van der Waals surface area contributed by atoms with Crippen molar-refractivity contribution in [2.24, 2.45) is 0 Å². The Kier molecular flexibility index (Phi) is 2.85. The van der Waals surface area contributed by atoms with E-state index >= 15 is 0 Å². The first-order chi connectivity index (χ1) is 7.72. The normalized spacial score (nSPS) is 15.3. The summed E-state index contributed by atoms with van der Waals surface area (Å²) in [5.74, 6) is 0.148. The highest BCUT2D eigenvalue weighted by atomic mass is 16.5. The molecule has 0 aromatic carbocycles. The van der Waals surface area contributed by atoms with Crippen molar-refractivity contribution in [2.45, 2.75) is 12.8 Å². The van der Waals surface area contributed by atoms with E-state index in [2.05, 4.69) is 9.72 Å². The molecule has 1 aromatic heterocycles. The van der Waals surface area contributed by atoms with E-state index in [0.717, 1.165) is 6.42 Å². The first-order valence-corrected chi connectivity index (χ1v) is 5.07. The Bertz CT molecular complexity index is 431. The fourth-order valence-corrected chi connectivity index (χ4v) is 1.70. The molecule has 1 saturated heterocycles. The van der Waals surface area contributed by atoms with Gasteiger partial charge in [0.15, 0.2) is 0 Å². The molecule has 1 aliphatic heterocycles. The third kappa shape index (κ3) is 1.88. The summed E-state index contributed by atoms with van der Waals surface area (Å²) >= 11 is 0. The van der Waals surface area contributed by atoms with Crippen LogP contribution >= 0.6 is 0 Å². The molecular weight excluding hydrogens is 208 g/mol. The van der Waals surface area contributed by atoms with Crippen molar-refractivity contribution < 1.29 is 14.3 Å². The zero-order valence-electron chi connectivity index (χ0n) is 8.97. The highest BCUT2D eigenvalue weighted by molar-refractivity contribution is 5.96. The Morgan fingerprint density at radius 1 is 1.56 bits per heavy atom. The van der Waals surface area contributed by atoms with Crippen LogP contribution in [-0.4, -0.2) is 30.5 Å². The van der Waals surface area contributed by atoms with Crippen LogP contribution in [0.2, 0.25) is 0 Å². The number of hydrogen-bond acceptors (Lipinski definition) is 4. The van der Waals surface area contributed by atoms with Gasteiger partial charge in [-0.1, -0.05) is 0 Å². The molecule has 0 unspecified atom stereocenters. The van der Waals surface area contributed by atoms with Crippen LogP contribution in [0.4, 0.5) is 5.82 Å². The molecule has 0 atom stereocenters. The van der Waals surface area contributed by atoms with Crippen LogP contribution in [0, 0.1) is 0 Å². The van der Waals surface area contributed by atoms with Crippen LogP contribution in [0.3, 0.4) is 0 Å². The number of aromatic nitrogens is 1. The summed E-state index contributed by atoms with van der Waals surface area (Å²) in [6, 6.07) is 3.14. The third-order valence-electron chi connectivity index (χ3n) is 2.52. The quantitative estimate of drug-likeness (QED) is 0.697. The number of hydrogen-bond donors (Lipinski definition) is 0. The SMILES string of the molecule is COC(=O)c1ccnc(N2CCCC2=O)c1. The van der Waals surface area contributed by atoms with Crippen LogP contribution in [-0.2, 0) is 9.53 Å². The number of anilines is 1. The molecule has 1 amide bonds. The molecule has 1 aromatic rings. The minimum Gasteiger partial charge on any atom is -0.465 e. The Morgan fingerprint density at radius 2 is 2.38 bits per heavy atom. The van der Waals surface area contributed by atoms with Gasteiger partial charge in [0, 0.05) is 19.2 Å². The molecular formula is C11H12N2O3. The molecule has 0 bridgehead atoms. The maximum absolute atomic E-state index is 11.5. The molecule has 0 aliphatic carbocycles. The van der Waals surface area contributed by atoms with Gasteiger partial charge in [-0.2, -0.15) is 0 Å². The highest BCUT2D eigenvalue weighted by Gasteiger charge is 2.23. The van der Waals surface area contributed by atoms with Gasteiger partial charge in [0.05, 0.1) is 12.7 Å². The van der Waals surface area contributed by atoms with Gasteiger partial charge in [-0.25, -0.2) is 9.78 Å². The molecule has 0 spiro atoms. The number of carbonyl (C=O) groups is 2. The lowest BCUT2D eigenvalue weighted by Gasteiger charge is -2.14. The fourth-order valence-electron chi connectivity index (χ4n) is 1.70. The first-order valence-electron chi connectivity index (χ1n) is 5.07. The Labute approximate surface area is 93.0 Å². The number of methoxy groups -OCH3 is 1. The molecule has 0 N–H and O–H groups in total. The summed E-state index contributed by atoms with van der Waals surface area (Å²) in [6.45, 7) is 0.663. The predicted molar refractivity (Wildman–Crippen MR) is 57.2 cm³/mol. The van der Waals surface area contributed by atoms with Crippen molar-refractivity contribution in [1.82, 2.24) is 4.98 Å². The van der Waals surface area contributed by atoms with E-state index in [1.807, 2.05) is 0 Å². The molecule has 2 rings (SSSR count). The molecule has 0 saturated carbocycles. The molecule has 5 heteroatoms. The Hall–Kier alpha value is -1.91. The van der Waals surface area contributed by atoms with Gasteiger partial charge in [-0.3, -0.25) is 9.69 Å². The minimum atomic E-state index is -0.421. The van der Waals surface area contributed by atoms with Crippen LogP contribution < -0.4 is 4.90 Å². The van der Waals surface area contributed by atoms with Crippen LogP contribution in [0.5, 0.6) is 0 Å². The maximum atomic E-state index is 11.5. The van der Waals surface area contributed by atoms with Crippen molar-refractivity contribution in [3.05, 3.63) is 23.9 Å². The zero-order valence-corrected chi connectivity index (χ0v) is 8.97. The summed E-state index contributed by atoms with van der Waals surface area (Å²) in [5.41, 5.74) is 0.409. The number of rotatable bonds is 2. The van der Waals surface area contributed by atoms with E-state index in [-0.39, 0.29) is 5.91 Å². The van der Waals surface area contributed by atoms with E-state index in [0.29, 0.717) is 24.3 Å². The molecule has 1 fully saturated rings. The average Bonchev–Trinajstić information content (AvgIpc) is 2.74. The smallest absolute Gasteiger partial charge is 0.338 e. The lowest BCUT2D eigenvalue weighted by Crippen LogP contribution is -2.25. The molecule has 2 heterocycles. The summed E-state index contributed by atoms with van der Waals surface area (Å²) in [5, 5.41) is 0. The first kappa shape index (κ1) is 10.6. The van der Waals surface area contributed by atoms with Gasteiger partial charge < -0.3 is 4.74 Å². The molecule has 16 heavy (non-hydrogen) atoms. The van der Waals surface area contributed by atoms with E-state index in [9.17, 15) is 9.59 Å². The van der Waals surface area contributed by atoms with Crippen molar-refractivity contribution in [1.29, 1.82) is 0 Å². The Morgan fingerprint density at radius 3 is 3.00 bits per heavy atom. The highest BCUT2D eigenvalue weighted by Crippen LogP contribution is 2.19. The summed E-state index contributed by atoms with van der Waals surface area (Å²) in [7, 11) is 1.32. The predicted octanol–water partition coefficient (Wildman–Crippen LogP) is 0.995. The average molecular weight is 220 g/mol. The number of nitrogens with zero attached hydrogens (tertiary/aromatic N) is 2. The van der Waals surface area contributed by atoms with E-state index in [1.165, 1.54) is 13.3 Å². The standard InChI is InChI=1S/C11H12N2O3/c1-16-11(15)8-4-5-12-9(7-8)13-6-2-3-10(13)14/h4-5,7H,2-3,6H2,1H3. The minimum absolute atomic E-state index is 0.0505. The Balaban J connectivity index is 2.28. The number of esters is 1. The molecule has 0 radical (unpaired) electrons. The number of carbonyl (C=O) groups excluding carboxylic acids is 2. The van der Waals surface area contributed by atoms with Gasteiger partial charge in [0.2, 0.25) is 5.91 Å². The van der Waals surface area contributed by atoms with E-state index in [4.69, 9.17) is 0 Å². The largest absolute Gasteiger partial charge is 0.465 e. The van der Waals surface area contributed by atoms with Gasteiger partial charge in [0.1, 0.15) is 5.82 Å². The summed E-state index contributed by atoms with van der Waals surface area (Å²) in [6.07, 6.45) is 2.89. The van der Waals surface area contributed by atoms with E-state index in [1.54, 1.807) is 17.0 Å². The molecule has 1 aliphatic rings. The topological polar surface area (TPSA) is 59.5 Å². The molecule has 84 valence electrons. The van der Waals surface area contributed by atoms with Crippen LogP contribution in [0.25, 0.3) is 0 Å². The lowest BCUT2D eigenvalue weighted by molar-refractivity contribution is -0.117. The number of pyridine rings is 1. The molecule has 5 nitrogen and oxygen atoms in total. The van der Waals surface area contributed by atoms with Gasteiger partial charge in [-0.05, 0) is 18.6 Å². The van der Waals surface area contributed by atoms with Crippen molar-refractivity contribution in [3.63, 3.8) is 0 Å². The summed E-state index contributed by atoms with van der Waals surface area (Å²) in [4.78, 5) is 28.5. The number of amides is 1. The van der Waals surface area contributed by atoms with Crippen LogP contribution in [0.15, 0.2) is 18.3 Å². The maximum Gasteiger partial charge on any atom is 0.338 e. The second kappa shape index (κ2) is 4.30. The fraction of sp³-hybridized carbons (Fsp3) is 0.364. The van der Waals surface area contributed by atoms with Crippen LogP contribution in [0.1, 0.15) is 23.2 Å². The monoisotopic (exact) mass is 220 g/mol. The number of ether oxygens (including phenoxy) is 1. The second-order valence-corrected chi connectivity index (χ2v) is 3.54. The van der Waals surface area contributed by atoms with Crippen molar-refractivity contribution in [3.8, 4) is 0 Å². The van der Waals surface area contributed by atoms with Crippen molar-refractivity contribution >= 4 is 17.7 Å². The van der Waals surface area contributed by atoms with E-state index < -0.39 is 5.97 Å². The van der Waals surface area contributed by atoms with Gasteiger partial charge in [0.25, 0.3) is 0 Å².